The highest BCUT2D eigenvalue weighted by Gasteiger charge is 2.12. The normalized spacial score (nSPS) is 12.3. The summed E-state index contributed by atoms with van der Waals surface area (Å²) in [4.78, 5) is 0. The molecule has 0 aliphatic carbocycles. The van der Waals surface area contributed by atoms with E-state index in [1.807, 2.05) is 30.0 Å². The Kier molecular flexibility index (Phi) is 6.62. The predicted molar refractivity (Wildman–Crippen MR) is 95.2 cm³/mol. The summed E-state index contributed by atoms with van der Waals surface area (Å²) in [6, 6.07) is 17.1. The van der Waals surface area contributed by atoms with Crippen LogP contribution in [0.5, 0.6) is 0 Å². The lowest BCUT2D eigenvalue weighted by Crippen LogP contribution is -2.23. The van der Waals surface area contributed by atoms with Crippen molar-refractivity contribution >= 4 is 23.4 Å². The van der Waals surface area contributed by atoms with Crippen molar-refractivity contribution in [3.8, 4) is 0 Å². The first kappa shape index (κ1) is 16.4. The zero-order valence-electron chi connectivity index (χ0n) is 12.6. The van der Waals surface area contributed by atoms with Gasteiger partial charge in [-0.25, -0.2) is 0 Å². The number of rotatable bonds is 7. The summed E-state index contributed by atoms with van der Waals surface area (Å²) in [6.45, 7) is 5.31. The molecule has 0 saturated carbocycles. The molecule has 0 radical (unpaired) electrons. The summed E-state index contributed by atoms with van der Waals surface area (Å²) < 4.78 is 0. The topological polar surface area (TPSA) is 12.0 Å². The number of hydrogen-bond acceptors (Lipinski definition) is 2. The van der Waals surface area contributed by atoms with Gasteiger partial charge in [-0.3, -0.25) is 0 Å². The number of thioether (sulfide) groups is 1. The third kappa shape index (κ3) is 4.77. The monoisotopic (exact) mass is 319 g/mol. The molecule has 3 heteroatoms. The van der Waals surface area contributed by atoms with Crippen LogP contribution in [0.15, 0.2) is 48.5 Å². The van der Waals surface area contributed by atoms with Gasteiger partial charge in [-0.2, -0.15) is 11.8 Å². The number of aryl methyl sites for hydroxylation is 1. The number of halogens is 1. The molecule has 0 amide bonds. The minimum absolute atomic E-state index is 0.392. The van der Waals surface area contributed by atoms with Crippen molar-refractivity contribution in [1.82, 2.24) is 5.32 Å². The van der Waals surface area contributed by atoms with Crippen LogP contribution < -0.4 is 5.32 Å². The molecule has 21 heavy (non-hydrogen) atoms. The van der Waals surface area contributed by atoms with Crippen molar-refractivity contribution in [3.05, 3.63) is 70.2 Å². The molecular weight excluding hydrogens is 298 g/mol. The third-order valence-electron chi connectivity index (χ3n) is 3.51. The van der Waals surface area contributed by atoms with Gasteiger partial charge in [-0.05, 0) is 36.2 Å². The van der Waals surface area contributed by atoms with Gasteiger partial charge in [-0.1, -0.05) is 61.0 Å². The van der Waals surface area contributed by atoms with E-state index in [9.17, 15) is 0 Å². The first-order valence-electron chi connectivity index (χ1n) is 7.32. The first-order chi connectivity index (χ1) is 10.2. The van der Waals surface area contributed by atoms with Crippen molar-refractivity contribution in [3.63, 3.8) is 0 Å². The molecule has 0 aliphatic rings. The van der Waals surface area contributed by atoms with Crippen molar-refractivity contribution in [1.29, 1.82) is 0 Å². The third-order valence-corrected chi connectivity index (χ3v) is 4.97. The van der Waals surface area contributed by atoms with E-state index in [2.05, 4.69) is 49.5 Å². The second kappa shape index (κ2) is 8.47. The van der Waals surface area contributed by atoms with Crippen LogP contribution in [-0.4, -0.2) is 12.3 Å². The molecule has 0 bridgehead atoms. The van der Waals surface area contributed by atoms with Crippen molar-refractivity contribution in [2.75, 3.05) is 12.3 Å². The van der Waals surface area contributed by atoms with Crippen LogP contribution in [0.4, 0.5) is 0 Å². The Morgan fingerprint density at radius 1 is 1.10 bits per heavy atom. The molecule has 0 heterocycles. The largest absolute Gasteiger partial charge is 0.310 e. The van der Waals surface area contributed by atoms with E-state index in [1.54, 1.807) is 0 Å². The van der Waals surface area contributed by atoms with E-state index in [0.717, 1.165) is 23.1 Å². The fourth-order valence-electron chi connectivity index (χ4n) is 2.39. The fraction of sp³-hybridized carbons (Fsp3) is 0.333. The number of benzene rings is 2. The number of nitrogens with one attached hydrogen (secondary N) is 1. The maximum Gasteiger partial charge on any atom is 0.0446 e. The molecular formula is C18H22ClNS. The lowest BCUT2D eigenvalue weighted by molar-refractivity contribution is 0.603. The standard InChI is InChI=1S/C18H22ClNS/c1-3-20-18(16-10-6-4-8-14(16)2)13-21-12-15-9-5-7-11-17(15)19/h4-11,18,20H,3,12-13H2,1-2H3. The average Bonchev–Trinajstić information content (AvgIpc) is 2.49. The van der Waals surface area contributed by atoms with Crippen LogP contribution in [-0.2, 0) is 5.75 Å². The van der Waals surface area contributed by atoms with Crippen LogP contribution >= 0.6 is 23.4 Å². The smallest absolute Gasteiger partial charge is 0.0446 e. The highest BCUT2D eigenvalue weighted by Crippen LogP contribution is 2.26. The molecule has 0 fully saturated rings. The summed E-state index contributed by atoms with van der Waals surface area (Å²) in [7, 11) is 0. The first-order valence-corrected chi connectivity index (χ1v) is 8.85. The van der Waals surface area contributed by atoms with Crippen LogP contribution in [0.3, 0.4) is 0 Å². The van der Waals surface area contributed by atoms with E-state index < -0.39 is 0 Å². The molecule has 1 atom stereocenters. The van der Waals surface area contributed by atoms with E-state index in [0.29, 0.717) is 6.04 Å². The SMILES string of the molecule is CCNC(CSCc1ccccc1Cl)c1ccccc1C. The van der Waals surface area contributed by atoms with Gasteiger partial charge in [0.25, 0.3) is 0 Å². The molecule has 2 aromatic carbocycles. The maximum absolute atomic E-state index is 6.21. The molecule has 0 aromatic heterocycles. The summed E-state index contributed by atoms with van der Waals surface area (Å²) in [6.07, 6.45) is 0. The Bertz CT molecular complexity index is 571. The zero-order chi connectivity index (χ0) is 15.1. The van der Waals surface area contributed by atoms with Gasteiger partial charge >= 0.3 is 0 Å². The van der Waals surface area contributed by atoms with E-state index in [1.165, 1.54) is 16.7 Å². The summed E-state index contributed by atoms with van der Waals surface area (Å²) >= 11 is 8.14. The summed E-state index contributed by atoms with van der Waals surface area (Å²) in [5.41, 5.74) is 3.96. The van der Waals surface area contributed by atoms with E-state index in [-0.39, 0.29) is 0 Å². The van der Waals surface area contributed by atoms with E-state index in [4.69, 9.17) is 11.6 Å². The van der Waals surface area contributed by atoms with Crippen LogP contribution in [0.2, 0.25) is 5.02 Å². The Morgan fingerprint density at radius 2 is 1.81 bits per heavy atom. The Hall–Kier alpha value is -0.960. The molecule has 2 rings (SSSR count). The second-order valence-corrected chi connectivity index (χ2v) is 6.51. The van der Waals surface area contributed by atoms with Gasteiger partial charge < -0.3 is 5.32 Å². The second-order valence-electron chi connectivity index (χ2n) is 5.07. The van der Waals surface area contributed by atoms with E-state index >= 15 is 0 Å². The van der Waals surface area contributed by atoms with Crippen LogP contribution in [0.1, 0.15) is 29.7 Å². The van der Waals surface area contributed by atoms with Crippen molar-refractivity contribution in [2.24, 2.45) is 0 Å². The molecule has 0 spiro atoms. The summed E-state index contributed by atoms with van der Waals surface area (Å²) in [5.74, 6) is 2.00. The van der Waals surface area contributed by atoms with Crippen molar-refractivity contribution in [2.45, 2.75) is 25.6 Å². The molecule has 2 aromatic rings. The Morgan fingerprint density at radius 3 is 2.52 bits per heavy atom. The van der Waals surface area contributed by atoms with Crippen LogP contribution in [0.25, 0.3) is 0 Å². The highest BCUT2D eigenvalue weighted by atomic mass is 35.5. The highest BCUT2D eigenvalue weighted by molar-refractivity contribution is 7.98. The Labute approximate surface area is 137 Å². The predicted octanol–water partition coefficient (Wildman–Crippen LogP) is 5.23. The molecule has 0 saturated heterocycles. The average molecular weight is 320 g/mol. The minimum atomic E-state index is 0.392. The molecule has 1 N–H and O–H groups in total. The van der Waals surface area contributed by atoms with Crippen LogP contribution in [0, 0.1) is 6.92 Å². The minimum Gasteiger partial charge on any atom is -0.310 e. The van der Waals surface area contributed by atoms with Gasteiger partial charge in [-0.15, -0.1) is 0 Å². The van der Waals surface area contributed by atoms with Gasteiger partial charge in [0, 0.05) is 22.6 Å². The van der Waals surface area contributed by atoms with Gasteiger partial charge in [0.1, 0.15) is 0 Å². The lowest BCUT2D eigenvalue weighted by Gasteiger charge is -2.20. The lowest BCUT2D eigenvalue weighted by atomic mass is 10.0. The maximum atomic E-state index is 6.21. The summed E-state index contributed by atoms with van der Waals surface area (Å²) in [5, 5.41) is 4.45. The zero-order valence-corrected chi connectivity index (χ0v) is 14.2. The number of hydrogen-bond donors (Lipinski definition) is 1. The van der Waals surface area contributed by atoms with Gasteiger partial charge in [0.2, 0.25) is 0 Å². The van der Waals surface area contributed by atoms with Crippen molar-refractivity contribution < 1.29 is 0 Å². The molecule has 112 valence electrons. The molecule has 0 aliphatic heterocycles. The Balaban J connectivity index is 1.98. The fourth-order valence-corrected chi connectivity index (χ4v) is 3.79. The quantitative estimate of drug-likeness (QED) is 0.749. The van der Waals surface area contributed by atoms with Gasteiger partial charge in [0.05, 0.1) is 0 Å². The molecule has 1 unspecified atom stereocenters. The molecule has 1 nitrogen and oxygen atoms in total. The van der Waals surface area contributed by atoms with Gasteiger partial charge in [0.15, 0.2) is 0 Å².